The van der Waals surface area contributed by atoms with Crippen LogP contribution >= 0.6 is 34.8 Å². The molecule has 0 saturated heterocycles. The van der Waals surface area contributed by atoms with Crippen LogP contribution in [0.2, 0.25) is 15.3 Å². The Labute approximate surface area is 134 Å². The molecular weight excluding hydrogens is 315 g/mol. The van der Waals surface area contributed by atoms with Crippen LogP contribution in [0, 0.1) is 6.92 Å². The van der Waals surface area contributed by atoms with Crippen molar-refractivity contribution < 1.29 is 0 Å². The molecule has 0 aliphatic rings. The number of aryl methyl sites for hydroxylation is 1. The minimum Gasteiger partial charge on any atom is -0.380 e. The third kappa shape index (κ3) is 4.02. The zero-order valence-electron chi connectivity index (χ0n) is 11.3. The second-order valence-electron chi connectivity index (χ2n) is 4.80. The van der Waals surface area contributed by atoms with Gasteiger partial charge in [0.15, 0.2) is 5.15 Å². The van der Waals surface area contributed by atoms with Crippen LogP contribution in [0.1, 0.15) is 18.1 Å². The lowest BCUT2D eigenvalue weighted by Crippen LogP contribution is -2.19. The van der Waals surface area contributed by atoms with Gasteiger partial charge in [0.25, 0.3) is 0 Å². The van der Waals surface area contributed by atoms with Crippen molar-refractivity contribution in [3.8, 4) is 0 Å². The first-order chi connectivity index (χ1) is 9.45. The summed E-state index contributed by atoms with van der Waals surface area (Å²) in [4.78, 5) is 4.06. The summed E-state index contributed by atoms with van der Waals surface area (Å²) in [6.07, 6.45) is 0.871. The first-order valence-electron chi connectivity index (χ1n) is 6.29. The van der Waals surface area contributed by atoms with E-state index < -0.39 is 0 Å². The first kappa shape index (κ1) is 15.4. The van der Waals surface area contributed by atoms with Crippen LogP contribution in [0.5, 0.6) is 0 Å². The summed E-state index contributed by atoms with van der Waals surface area (Å²) in [5, 5.41) is 4.94. The lowest BCUT2D eigenvalue weighted by Gasteiger charge is -2.18. The quantitative estimate of drug-likeness (QED) is 0.760. The molecule has 1 unspecified atom stereocenters. The summed E-state index contributed by atoms with van der Waals surface area (Å²) in [5.41, 5.74) is 3.03. The standard InChI is InChI=1S/C15H15Cl3N2/c1-9-7-13(17)20-15(18)14(9)19-10(2)8-11-3-5-12(16)6-4-11/h3-7,10,19H,8H2,1-2H3. The number of aromatic nitrogens is 1. The molecule has 0 amide bonds. The fraction of sp³-hybridized carbons (Fsp3) is 0.267. The molecule has 1 N–H and O–H groups in total. The van der Waals surface area contributed by atoms with Gasteiger partial charge in [-0.1, -0.05) is 46.9 Å². The highest BCUT2D eigenvalue weighted by Gasteiger charge is 2.11. The van der Waals surface area contributed by atoms with Gasteiger partial charge in [-0.2, -0.15) is 0 Å². The van der Waals surface area contributed by atoms with Crippen LogP contribution in [-0.4, -0.2) is 11.0 Å². The van der Waals surface area contributed by atoms with Crippen LogP contribution in [-0.2, 0) is 6.42 Å². The van der Waals surface area contributed by atoms with E-state index in [-0.39, 0.29) is 6.04 Å². The topological polar surface area (TPSA) is 24.9 Å². The smallest absolute Gasteiger partial charge is 0.154 e. The van der Waals surface area contributed by atoms with Gasteiger partial charge >= 0.3 is 0 Å². The SMILES string of the molecule is Cc1cc(Cl)nc(Cl)c1NC(C)Cc1ccc(Cl)cc1. The Morgan fingerprint density at radius 2 is 1.80 bits per heavy atom. The number of pyridine rings is 1. The molecule has 2 nitrogen and oxygen atoms in total. The Bertz CT molecular complexity index is 574. The number of rotatable bonds is 4. The predicted molar refractivity (Wildman–Crippen MR) is 87.2 cm³/mol. The first-order valence-corrected chi connectivity index (χ1v) is 7.42. The van der Waals surface area contributed by atoms with Gasteiger partial charge in [-0.3, -0.25) is 0 Å². The minimum absolute atomic E-state index is 0.218. The van der Waals surface area contributed by atoms with E-state index in [1.165, 1.54) is 5.56 Å². The van der Waals surface area contributed by atoms with Gasteiger partial charge in [0.1, 0.15) is 5.15 Å². The molecule has 2 rings (SSSR count). The molecule has 1 aromatic heterocycles. The molecule has 0 aliphatic carbocycles. The van der Waals surface area contributed by atoms with Crippen molar-refractivity contribution in [2.24, 2.45) is 0 Å². The van der Waals surface area contributed by atoms with E-state index in [1.807, 2.05) is 31.2 Å². The molecule has 0 saturated carbocycles. The van der Waals surface area contributed by atoms with Gasteiger partial charge in [0.05, 0.1) is 5.69 Å². The minimum atomic E-state index is 0.218. The lowest BCUT2D eigenvalue weighted by atomic mass is 10.1. The van der Waals surface area contributed by atoms with Gasteiger partial charge in [0.2, 0.25) is 0 Å². The van der Waals surface area contributed by atoms with Crippen LogP contribution < -0.4 is 5.32 Å². The number of benzene rings is 1. The molecule has 5 heteroatoms. The average molecular weight is 330 g/mol. The van der Waals surface area contributed by atoms with E-state index in [0.717, 1.165) is 22.7 Å². The predicted octanol–water partition coefficient (Wildman–Crippen LogP) is 5.39. The van der Waals surface area contributed by atoms with Crippen molar-refractivity contribution in [3.63, 3.8) is 0 Å². The van der Waals surface area contributed by atoms with E-state index in [1.54, 1.807) is 6.07 Å². The summed E-state index contributed by atoms with van der Waals surface area (Å²) in [6, 6.07) is 9.85. The third-order valence-electron chi connectivity index (χ3n) is 2.99. The highest BCUT2D eigenvalue weighted by atomic mass is 35.5. The summed E-state index contributed by atoms with van der Waals surface area (Å²) >= 11 is 17.9. The second kappa shape index (κ2) is 6.66. The van der Waals surface area contributed by atoms with Crippen LogP contribution in [0.3, 0.4) is 0 Å². The van der Waals surface area contributed by atoms with Crippen LogP contribution in [0.4, 0.5) is 5.69 Å². The monoisotopic (exact) mass is 328 g/mol. The number of hydrogen-bond acceptors (Lipinski definition) is 2. The van der Waals surface area contributed by atoms with Crippen molar-refractivity contribution in [2.75, 3.05) is 5.32 Å². The molecule has 1 aromatic carbocycles. The highest BCUT2D eigenvalue weighted by molar-refractivity contribution is 6.34. The van der Waals surface area contributed by atoms with E-state index >= 15 is 0 Å². The second-order valence-corrected chi connectivity index (χ2v) is 5.99. The largest absolute Gasteiger partial charge is 0.380 e. The average Bonchev–Trinajstić information content (AvgIpc) is 2.36. The summed E-state index contributed by atoms with van der Waals surface area (Å²) < 4.78 is 0. The zero-order valence-corrected chi connectivity index (χ0v) is 13.5. The van der Waals surface area contributed by atoms with Crippen molar-refractivity contribution in [3.05, 3.63) is 56.8 Å². The molecule has 0 aliphatic heterocycles. The normalized spacial score (nSPS) is 12.2. The Hall–Kier alpha value is -0.960. The van der Waals surface area contributed by atoms with Gasteiger partial charge < -0.3 is 5.32 Å². The maximum Gasteiger partial charge on any atom is 0.154 e. The Balaban J connectivity index is 2.08. The molecule has 0 spiro atoms. The number of hydrogen-bond donors (Lipinski definition) is 1. The number of nitrogens with zero attached hydrogens (tertiary/aromatic N) is 1. The molecule has 20 heavy (non-hydrogen) atoms. The Morgan fingerprint density at radius 3 is 2.40 bits per heavy atom. The van der Waals surface area contributed by atoms with Crippen LogP contribution in [0.15, 0.2) is 30.3 Å². The lowest BCUT2D eigenvalue weighted by molar-refractivity contribution is 0.788. The molecular formula is C15H15Cl3N2. The number of halogens is 3. The fourth-order valence-corrected chi connectivity index (χ4v) is 2.75. The number of anilines is 1. The van der Waals surface area contributed by atoms with Crippen molar-refractivity contribution >= 4 is 40.5 Å². The van der Waals surface area contributed by atoms with E-state index in [2.05, 4.69) is 17.2 Å². The van der Waals surface area contributed by atoms with Crippen LogP contribution in [0.25, 0.3) is 0 Å². The molecule has 1 heterocycles. The summed E-state index contributed by atoms with van der Waals surface area (Å²) in [6.45, 7) is 4.05. The zero-order chi connectivity index (χ0) is 14.7. The summed E-state index contributed by atoms with van der Waals surface area (Å²) in [7, 11) is 0. The third-order valence-corrected chi connectivity index (χ3v) is 3.71. The van der Waals surface area contributed by atoms with E-state index in [9.17, 15) is 0 Å². The fourth-order valence-electron chi connectivity index (χ4n) is 2.04. The Morgan fingerprint density at radius 1 is 1.15 bits per heavy atom. The summed E-state index contributed by atoms with van der Waals surface area (Å²) in [5.74, 6) is 0. The molecule has 0 fully saturated rings. The van der Waals surface area contributed by atoms with Crippen molar-refractivity contribution in [2.45, 2.75) is 26.3 Å². The van der Waals surface area contributed by atoms with E-state index in [0.29, 0.717) is 10.3 Å². The highest BCUT2D eigenvalue weighted by Crippen LogP contribution is 2.27. The van der Waals surface area contributed by atoms with Crippen molar-refractivity contribution in [1.29, 1.82) is 0 Å². The van der Waals surface area contributed by atoms with Gasteiger partial charge in [-0.25, -0.2) is 4.98 Å². The maximum absolute atomic E-state index is 6.13. The molecule has 0 bridgehead atoms. The maximum atomic E-state index is 6.13. The number of nitrogens with one attached hydrogen (secondary N) is 1. The van der Waals surface area contributed by atoms with E-state index in [4.69, 9.17) is 34.8 Å². The van der Waals surface area contributed by atoms with Gasteiger partial charge in [0, 0.05) is 11.1 Å². The van der Waals surface area contributed by atoms with Gasteiger partial charge in [-0.05, 0) is 49.6 Å². The Kier molecular flexibility index (Phi) is 5.14. The molecule has 106 valence electrons. The molecule has 0 radical (unpaired) electrons. The molecule has 2 aromatic rings. The van der Waals surface area contributed by atoms with Crippen molar-refractivity contribution in [1.82, 2.24) is 4.98 Å². The molecule has 1 atom stereocenters. The van der Waals surface area contributed by atoms with Gasteiger partial charge in [-0.15, -0.1) is 0 Å².